The Morgan fingerprint density at radius 2 is 1.94 bits per heavy atom. The van der Waals surface area contributed by atoms with E-state index in [0.29, 0.717) is 32.4 Å². The molecule has 0 saturated carbocycles. The first-order valence-electron chi connectivity index (χ1n) is 12.0. The Balaban J connectivity index is 0.00000361. The smallest absolute Gasteiger partial charge is 0.243 e. The third kappa shape index (κ3) is 6.69. The summed E-state index contributed by atoms with van der Waals surface area (Å²) in [6.07, 6.45) is 5.29. The van der Waals surface area contributed by atoms with E-state index in [9.17, 15) is 14.4 Å². The number of halogens is 1. The van der Waals surface area contributed by atoms with Crippen molar-refractivity contribution in [3.63, 3.8) is 0 Å². The number of para-hydroxylation sites is 1. The predicted octanol–water partition coefficient (Wildman–Crippen LogP) is 2.42. The number of nitrogens with one attached hydrogen (secondary N) is 3. The van der Waals surface area contributed by atoms with Crippen molar-refractivity contribution in [1.82, 2.24) is 20.7 Å². The second kappa shape index (κ2) is 13.0. The van der Waals surface area contributed by atoms with Crippen LogP contribution < -0.4 is 16.5 Å². The molecule has 2 fully saturated rings. The van der Waals surface area contributed by atoms with E-state index < -0.39 is 18.0 Å². The lowest BCUT2D eigenvalue weighted by atomic mass is 10.0. The Bertz CT molecular complexity index is 1060. The molecule has 6 N–H and O–H groups in total. The lowest BCUT2D eigenvalue weighted by Crippen LogP contribution is -2.52. The number of hydroxylamine groups is 1. The standard InChI is InChI=1S/C24H33N5O4S2.ClH/c25-18(12-16-14-27-19-7-4-3-6-17(16)19)23(32)29-15-24(34-10-11-35-24)13-20(29)22(31)26-9-5-1-2-8-21(30)28-33;/h3-4,6-7,14,18,20,27,33H,1-2,5,8-13,15,25H2,(H,26,31)(H,28,30);1H/t18-,20-;/m0./s1. The average Bonchev–Trinajstić information content (AvgIpc) is 3.60. The van der Waals surface area contributed by atoms with Gasteiger partial charge in [-0.05, 0) is 30.9 Å². The zero-order valence-electron chi connectivity index (χ0n) is 20.0. The third-order valence-electron chi connectivity index (χ3n) is 6.63. The quantitative estimate of drug-likeness (QED) is 0.172. The van der Waals surface area contributed by atoms with Crippen LogP contribution in [0.25, 0.3) is 10.9 Å². The van der Waals surface area contributed by atoms with E-state index in [2.05, 4.69) is 10.3 Å². The van der Waals surface area contributed by atoms with E-state index in [-0.39, 0.29) is 34.7 Å². The van der Waals surface area contributed by atoms with Crippen molar-refractivity contribution in [1.29, 1.82) is 0 Å². The number of rotatable bonds is 10. The van der Waals surface area contributed by atoms with Crippen LogP contribution >= 0.6 is 35.9 Å². The fraction of sp³-hybridized carbons (Fsp3) is 0.542. The van der Waals surface area contributed by atoms with Gasteiger partial charge in [-0.25, -0.2) is 5.48 Å². The number of amides is 3. The lowest BCUT2D eigenvalue weighted by molar-refractivity contribution is -0.139. The first-order chi connectivity index (χ1) is 16.9. The fourth-order valence-electron chi connectivity index (χ4n) is 4.82. The lowest BCUT2D eigenvalue weighted by Gasteiger charge is -2.27. The zero-order valence-corrected chi connectivity index (χ0v) is 22.5. The van der Waals surface area contributed by atoms with Crippen LogP contribution in [-0.2, 0) is 20.8 Å². The molecule has 36 heavy (non-hydrogen) atoms. The normalized spacial score (nSPS) is 19.3. The van der Waals surface area contributed by atoms with Gasteiger partial charge in [-0.3, -0.25) is 19.6 Å². The molecule has 3 heterocycles. The molecule has 198 valence electrons. The van der Waals surface area contributed by atoms with Crippen LogP contribution in [0.15, 0.2) is 30.5 Å². The number of carbonyl (C=O) groups excluding carboxylic acids is 3. The number of fused-ring (bicyclic) bond motifs is 1. The van der Waals surface area contributed by atoms with Crippen molar-refractivity contribution in [3.8, 4) is 0 Å². The second-order valence-corrected chi connectivity index (χ2v) is 12.3. The fourth-order valence-corrected chi connectivity index (χ4v) is 8.08. The number of hydrogen-bond acceptors (Lipinski definition) is 7. The second-order valence-electron chi connectivity index (χ2n) is 9.10. The number of nitrogens with two attached hydrogens (primary N) is 1. The van der Waals surface area contributed by atoms with Crippen molar-refractivity contribution in [3.05, 3.63) is 36.0 Å². The van der Waals surface area contributed by atoms with Crippen LogP contribution in [0.4, 0.5) is 0 Å². The Morgan fingerprint density at radius 1 is 1.19 bits per heavy atom. The molecule has 1 aromatic heterocycles. The molecule has 12 heteroatoms. The highest BCUT2D eigenvalue weighted by atomic mass is 35.5. The summed E-state index contributed by atoms with van der Waals surface area (Å²) in [4.78, 5) is 42.7. The summed E-state index contributed by atoms with van der Waals surface area (Å²) in [5.41, 5.74) is 10.0. The van der Waals surface area contributed by atoms with Crippen LogP contribution in [-0.4, -0.2) is 73.6 Å². The maximum absolute atomic E-state index is 13.5. The van der Waals surface area contributed by atoms with Gasteiger partial charge in [0.1, 0.15) is 6.04 Å². The number of thioether (sulfide) groups is 2. The molecule has 3 amide bonds. The maximum Gasteiger partial charge on any atom is 0.243 e. The molecule has 1 spiro atoms. The molecule has 0 unspecified atom stereocenters. The Labute approximate surface area is 225 Å². The summed E-state index contributed by atoms with van der Waals surface area (Å²) in [6, 6.07) is 6.67. The monoisotopic (exact) mass is 555 g/mol. The minimum Gasteiger partial charge on any atom is -0.361 e. The predicted molar refractivity (Wildman–Crippen MR) is 146 cm³/mol. The van der Waals surface area contributed by atoms with Crippen LogP contribution in [0, 0.1) is 0 Å². The molecule has 2 saturated heterocycles. The highest BCUT2D eigenvalue weighted by Crippen LogP contribution is 2.51. The summed E-state index contributed by atoms with van der Waals surface area (Å²) in [5.74, 6) is 1.30. The van der Waals surface area contributed by atoms with Gasteiger partial charge in [0.2, 0.25) is 17.7 Å². The van der Waals surface area contributed by atoms with Crippen LogP contribution in [0.5, 0.6) is 0 Å². The molecule has 2 atom stereocenters. The third-order valence-corrected chi connectivity index (χ3v) is 10.1. The van der Waals surface area contributed by atoms with Gasteiger partial charge >= 0.3 is 0 Å². The number of likely N-dealkylation sites (tertiary alicyclic amines) is 1. The molecular formula is C24H34ClN5O4S2. The van der Waals surface area contributed by atoms with E-state index in [1.165, 1.54) is 0 Å². The molecule has 0 bridgehead atoms. The largest absolute Gasteiger partial charge is 0.361 e. The van der Waals surface area contributed by atoms with Crippen LogP contribution in [0.3, 0.4) is 0 Å². The van der Waals surface area contributed by atoms with Crippen LogP contribution in [0.1, 0.15) is 37.7 Å². The molecule has 2 aromatic rings. The van der Waals surface area contributed by atoms with Gasteiger partial charge in [0, 0.05) is 54.5 Å². The van der Waals surface area contributed by atoms with E-state index in [1.54, 1.807) is 10.4 Å². The summed E-state index contributed by atoms with van der Waals surface area (Å²) in [6.45, 7) is 1.00. The van der Waals surface area contributed by atoms with E-state index >= 15 is 0 Å². The number of carbonyl (C=O) groups is 3. The summed E-state index contributed by atoms with van der Waals surface area (Å²) < 4.78 is -0.143. The maximum atomic E-state index is 13.5. The van der Waals surface area contributed by atoms with Crippen LogP contribution in [0.2, 0.25) is 0 Å². The molecule has 1 aromatic carbocycles. The van der Waals surface area contributed by atoms with Gasteiger partial charge < -0.3 is 20.9 Å². The first kappa shape index (κ1) is 28.6. The van der Waals surface area contributed by atoms with Gasteiger partial charge in [-0.15, -0.1) is 35.9 Å². The number of aromatic nitrogens is 1. The van der Waals surface area contributed by atoms with E-state index in [1.807, 2.05) is 54.0 Å². The number of nitrogens with zero attached hydrogens (tertiary/aromatic N) is 1. The number of aromatic amines is 1. The summed E-state index contributed by atoms with van der Waals surface area (Å²) in [5, 5.41) is 12.6. The highest BCUT2D eigenvalue weighted by Gasteiger charge is 2.51. The van der Waals surface area contributed by atoms with Crippen molar-refractivity contribution >= 4 is 64.6 Å². The summed E-state index contributed by atoms with van der Waals surface area (Å²) >= 11 is 3.68. The molecule has 0 aliphatic carbocycles. The SMILES string of the molecule is Cl.N[C@@H](Cc1c[nH]c2ccccc12)C(=O)N1CC2(C[C@H]1C(=O)NCCCCCC(=O)NO)SCCS2. The number of unbranched alkanes of at least 4 members (excludes halogenated alkanes) is 2. The Kier molecular flexibility index (Phi) is 10.4. The minimum atomic E-state index is -0.728. The molecule has 2 aliphatic heterocycles. The molecule has 9 nitrogen and oxygen atoms in total. The van der Waals surface area contributed by atoms with E-state index in [4.69, 9.17) is 10.9 Å². The van der Waals surface area contributed by atoms with Gasteiger partial charge in [-0.1, -0.05) is 24.6 Å². The number of hydrogen-bond donors (Lipinski definition) is 5. The van der Waals surface area contributed by atoms with Crippen molar-refractivity contribution in [2.75, 3.05) is 24.6 Å². The topological polar surface area (TPSA) is 141 Å². The number of H-pyrrole nitrogens is 1. The molecule has 0 radical (unpaired) electrons. The minimum absolute atomic E-state index is 0. The van der Waals surface area contributed by atoms with E-state index in [0.717, 1.165) is 40.8 Å². The zero-order chi connectivity index (χ0) is 24.8. The summed E-state index contributed by atoms with van der Waals surface area (Å²) in [7, 11) is 0. The van der Waals surface area contributed by atoms with Gasteiger partial charge in [-0.2, -0.15) is 0 Å². The van der Waals surface area contributed by atoms with Gasteiger partial charge in [0.25, 0.3) is 0 Å². The van der Waals surface area contributed by atoms with Crippen molar-refractivity contribution in [2.24, 2.45) is 5.73 Å². The van der Waals surface area contributed by atoms with Crippen molar-refractivity contribution in [2.45, 2.75) is 54.7 Å². The molecule has 4 rings (SSSR count). The van der Waals surface area contributed by atoms with Crippen molar-refractivity contribution < 1.29 is 19.6 Å². The Morgan fingerprint density at radius 3 is 2.69 bits per heavy atom. The molecular weight excluding hydrogens is 522 g/mol. The molecule has 2 aliphatic rings. The first-order valence-corrected chi connectivity index (χ1v) is 14.0. The highest BCUT2D eigenvalue weighted by molar-refractivity contribution is 8.21. The number of benzene rings is 1. The average molecular weight is 556 g/mol. The Hall–Kier alpha value is -1.92. The van der Waals surface area contributed by atoms with Gasteiger partial charge in [0.05, 0.1) is 10.1 Å². The van der Waals surface area contributed by atoms with Gasteiger partial charge in [0.15, 0.2) is 0 Å².